The summed E-state index contributed by atoms with van der Waals surface area (Å²) in [6, 6.07) is 7.57. The molecule has 1 fully saturated rings. The molecule has 1 aliphatic heterocycles. The van der Waals surface area contributed by atoms with Crippen molar-refractivity contribution in [1.29, 1.82) is 0 Å². The van der Waals surface area contributed by atoms with E-state index in [1.165, 1.54) is 0 Å². The van der Waals surface area contributed by atoms with Crippen molar-refractivity contribution in [3.63, 3.8) is 0 Å². The molecule has 5 nitrogen and oxygen atoms in total. The fourth-order valence-corrected chi connectivity index (χ4v) is 2.72. The molecule has 110 valence electrons. The number of carbonyl (C=O) groups is 1. The number of phenolic OH excluding ortho intramolecular Hbond substituents is 1. The Bertz CT molecular complexity index is 464. The fourth-order valence-electron chi connectivity index (χ4n) is 2.72. The molecule has 0 saturated carbocycles. The number of hydrogen-bond donors (Lipinski definition) is 2. The summed E-state index contributed by atoms with van der Waals surface area (Å²) in [5.74, 6) is -0.476. The zero-order valence-corrected chi connectivity index (χ0v) is 11.8. The van der Waals surface area contributed by atoms with Crippen molar-refractivity contribution in [2.24, 2.45) is 0 Å². The Morgan fingerprint density at radius 3 is 2.80 bits per heavy atom. The van der Waals surface area contributed by atoms with Gasteiger partial charge in [0.15, 0.2) is 0 Å². The van der Waals surface area contributed by atoms with Gasteiger partial charge in [-0.25, -0.2) is 0 Å². The van der Waals surface area contributed by atoms with Crippen molar-refractivity contribution in [3.8, 4) is 5.75 Å². The summed E-state index contributed by atoms with van der Waals surface area (Å²) in [5, 5.41) is 18.4. The molecule has 1 aromatic rings. The van der Waals surface area contributed by atoms with Gasteiger partial charge in [-0.2, -0.15) is 0 Å². The Morgan fingerprint density at radius 1 is 1.30 bits per heavy atom. The van der Waals surface area contributed by atoms with Crippen molar-refractivity contribution < 1.29 is 15.0 Å². The lowest BCUT2D eigenvalue weighted by Crippen LogP contribution is -2.35. The van der Waals surface area contributed by atoms with Gasteiger partial charge in [-0.05, 0) is 31.0 Å². The van der Waals surface area contributed by atoms with Crippen molar-refractivity contribution >= 4 is 5.97 Å². The summed E-state index contributed by atoms with van der Waals surface area (Å²) < 4.78 is 0. The third-order valence-electron chi connectivity index (χ3n) is 3.88. The number of hydrogen-bond acceptors (Lipinski definition) is 4. The van der Waals surface area contributed by atoms with E-state index in [0.29, 0.717) is 0 Å². The smallest absolute Gasteiger partial charge is 0.317 e. The first-order chi connectivity index (χ1) is 9.56. The lowest BCUT2D eigenvalue weighted by molar-refractivity contribution is -0.138. The van der Waals surface area contributed by atoms with Gasteiger partial charge in [0.05, 0.1) is 6.54 Å². The van der Waals surface area contributed by atoms with Gasteiger partial charge in [0.2, 0.25) is 0 Å². The van der Waals surface area contributed by atoms with Crippen LogP contribution in [0.1, 0.15) is 24.9 Å². The van der Waals surface area contributed by atoms with Crippen molar-refractivity contribution in [1.82, 2.24) is 9.80 Å². The molecule has 2 N–H and O–H groups in total. The summed E-state index contributed by atoms with van der Waals surface area (Å²) in [4.78, 5) is 15.1. The van der Waals surface area contributed by atoms with Crippen LogP contribution in [0.4, 0.5) is 0 Å². The first-order valence-electron chi connectivity index (χ1n) is 7.03. The second kappa shape index (κ2) is 6.72. The molecule has 2 rings (SSSR count). The van der Waals surface area contributed by atoms with Gasteiger partial charge in [-0.3, -0.25) is 14.6 Å². The van der Waals surface area contributed by atoms with E-state index >= 15 is 0 Å². The van der Waals surface area contributed by atoms with Gasteiger partial charge in [0.1, 0.15) is 5.75 Å². The van der Waals surface area contributed by atoms with Gasteiger partial charge in [-0.15, -0.1) is 0 Å². The van der Waals surface area contributed by atoms with E-state index in [0.717, 1.165) is 38.2 Å². The molecular weight excluding hydrogens is 256 g/mol. The van der Waals surface area contributed by atoms with Gasteiger partial charge >= 0.3 is 5.97 Å². The SMILES string of the molecule is CC(c1cccc(O)c1)N1CCCN(CC(=O)O)CC1. The zero-order valence-electron chi connectivity index (χ0n) is 11.8. The lowest BCUT2D eigenvalue weighted by Gasteiger charge is -2.28. The van der Waals surface area contributed by atoms with Crippen molar-refractivity contribution in [3.05, 3.63) is 29.8 Å². The average molecular weight is 278 g/mol. The number of aromatic hydroxyl groups is 1. The van der Waals surface area contributed by atoms with Crippen LogP contribution in [-0.4, -0.2) is 58.7 Å². The number of phenols is 1. The average Bonchev–Trinajstić information content (AvgIpc) is 2.63. The van der Waals surface area contributed by atoms with Crippen LogP contribution in [0, 0.1) is 0 Å². The quantitative estimate of drug-likeness (QED) is 0.875. The van der Waals surface area contributed by atoms with E-state index in [9.17, 15) is 9.90 Å². The minimum Gasteiger partial charge on any atom is -0.508 e. The van der Waals surface area contributed by atoms with E-state index in [1.807, 2.05) is 17.0 Å². The highest BCUT2D eigenvalue weighted by atomic mass is 16.4. The number of carboxylic acids is 1. The van der Waals surface area contributed by atoms with Crippen LogP contribution in [-0.2, 0) is 4.79 Å². The number of carboxylic acid groups (broad SMARTS) is 1. The second-order valence-corrected chi connectivity index (χ2v) is 5.33. The summed E-state index contributed by atoms with van der Waals surface area (Å²) in [7, 11) is 0. The Hall–Kier alpha value is -1.59. The molecule has 0 aliphatic carbocycles. The highest BCUT2D eigenvalue weighted by Crippen LogP contribution is 2.24. The number of nitrogens with zero attached hydrogens (tertiary/aromatic N) is 2. The Morgan fingerprint density at radius 2 is 2.10 bits per heavy atom. The number of rotatable bonds is 4. The maximum absolute atomic E-state index is 10.8. The predicted molar refractivity (Wildman–Crippen MR) is 76.8 cm³/mol. The van der Waals surface area contributed by atoms with Gasteiger partial charge in [-0.1, -0.05) is 12.1 Å². The topological polar surface area (TPSA) is 64.0 Å². The standard InChI is InChI=1S/C15H22N2O3/c1-12(13-4-2-5-14(18)10-13)17-7-3-6-16(8-9-17)11-15(19)20/h2,4-5,10,12,18H,3,6-9,11H2,1H3,(H,19,20). The Kier molecular flexibility index (Phi) is 4.98. The Balaban J connectivity index is 1.97. The molecule has 1 saturated heterocycles. The van der Waals surface area contributed by atoms with Crippen LogP contribution in [0.2, 0.25) is 0 Å². The summed E-state index contributed by atoms with van der Waals surface area (Å²) in [5.41, 5.74) is 1.09. The molecule has 5 heteroatoms. The molecule has 0 aromatic heterocycles. The van der Waals surface area contributed by atoms with Crippen LogP contribution in [0.3, 0.4) is 0 Å². The van der Waals surface area contributed by atoms with E-state index in [4.69, 9.17) is 5.11 Å². The van der Waals surface area contributed by atoms with Gasteiger partial charge in [0.25, 0.3) is 0 Å². The lowest BCUT2D eigenvalue weighted by atomic mass is 10.1. The fraction of sp³-hybridized carbons (Fsp3) is 0.533. The maximum Gasteiger partial charge on any atom is 0.317 e. The van der Waals surface area contributed by atoms with Gasteiger partial charge < -0.3 is 10.2 Å². The van der Waals surface area contributed by atoms with Gasteiger partial charge in [0, 0.05) is 32.2 Å². The van der Waals surface area contributed by atoms with E-state index < -0.39 is 5.97 Å². The van der Waals surface area contributed by atoms with E-state index in [2.05, 4.69) is 11.8 Å². The normalized spacial score (nSPS) is 19.4. The summed E-state index contributed by atoms with van der Waals surface area (Å²) in [6.45, 7) is 5.65. The molecule has 1 unspecified atom stereocenters. The molecular formula is C15H22N2O3. The summed E-state index contributed by atoms with van der Waals surface area (Å²) >= 11 is 0. The second-order valence-electron chi connectivity index (χ2n) is 5.33. The number of aliphatic carboxylic acids is 1. The van der Waals surface area contributed by atoms with Crippen LogP contribution in [0.25, 0.3) is 0 Å². The van der Waals surface area contributed by atoms with Crippen LogP contribution >= 0.6 is 0 Å². The first kappa shape index (κ1) is 14.8. The molecule has 1 atom stereocenters. The summed E-state index contributed by atoms with van der Waals surface area (Å²) in [6.07, 6.45) is 0.969. The third kappa shape index (κ3) is 3.95. The van der Waals surface area contributed by atoms with E-state index in [1.54, 1.807) is 12.1 Å². The minimum absolute atomic E-state index is 0.119. The van der Waals surface area contributed by atoms with Crippen molar-refractivity contribution in [2.45, 2.75) is 19.4 Å². The highest BCUT2D eigenvalue weighted by molar-refractivity contribution is 5.69. The highest BCUT2D eigenvalue weighted by Gasteiger charge is 2.21. The Labute approximate surface area is 119 Å². The first-order valence-corrected chi connectivity index (χ1v) is 7.03. The third-order valence-corrected chi connectivity index (χ3v) is 3.88. The molecule has 1 heterocycles. The molecule has 0 radical (unpaired) electrons. The molecule has 1 aromatic carbocycles. The molecule has 0 bridgehead atoms. The van der Waals surface area contributed by atoms with Crippen LogP contribution < -0.4 is 0 Å². The molecule has 0 amide bonds. The largest absolute Gasteiger partial charge is 0.508 e. The van der Waals surface area contributed by atoms with Crippen molar-refractivity contribution in [2.75, 3.05) is 32.7 Å². The predicted octanol–water partition coefficient (Wildman–Crippen LogP) is 1.55. The zero-order chi connectivity index (χ0) is 14.5. The minimum atomic E-state index is -0.764. The molecule has 20 heavy (non-hydrogen) atoms. The monoisotopic (exact) mass is 278 g/mol. The molecule has 1 aliphatic rings. The molecule has 0 spiro atoms. The number of benzene rings is 1. The van der Waals surface area contributed by atoms with Crippen LogP contribution in [0.15, 0.2) is 24.3 Å². The van der Waals surface area contributed by atoms with Crippen LogP contribution in [0.5, 0.6) is 5.75 Å². The maximum atomic E-state index is 10.8. The van der Waals surface area contributed by atoms with E-state index in [-0.39, 0.29) is 18.3 Å².